The third-order valence-electron chi connectivity index (χ3n) is 4.09. The number of aliphatic hydroxyl groups excluding tert-OH is 1. The summed E-state index contributed by atoms with van der Waals surface area (Å²) < 4.78 is 0. The van der Waals surface area contributed by atoms with Gasteiger partial charge in [-0.3, -0.25) is 4.79 Å². The molecule has 21 heavy (non-hydrogen) atoms. The molecule has 1 aromatic carbocycles. The van der Waals surface area contributed by atoms with Crippen molar-refractivity contribution in [3.05, 3.63) is 24.3 Å². The highest BCUT2D eigenvalue weighted by atomic mass is 16.3. The molecule has 1 aliphatic heterocycles. The lowest BCUT2D eigenvalue weighted by atomic mass is 10.1. The smallest absolute Gasteiger partial charge is 0.239 e. The van der Waals surface area contributed by atoms with Crippen molar-refractivity contribution in [2.45, 2.75) is 37.8 Å². The molecular weight excluding hydrogens is 266 g/mol. The normalized spacial score (nSPS) is 19.4. The molecule has 1 aromatic rings. The molecular formula is C16H23N3O2. The number of benzene rings is 1. The van der Waals surface area contributed by atoms with Crippen LogP contribution in [-0.2, 0) is 4.79 Å². The van der Waals surface area contributed by atoms with E-state index < -0.39 is 0 Å². The maximum absolute atomic E-state index is 11.8. The van der Waals surface area contributed by atoms with Gasteiger partial charge >= 0.3 is 0 Å². The molecule has 0 atom stereocenters. The van der Waals surface area contributed by atoms with Gasteiger partial charge in [0.15, 0.2) is 0 Å². The van der Waals surface area contributed by atoms with E-state index in [1.165, 1.54) is 0 Å². The minimum absolute atomic E-state index is 0.0568. The molecule has 3 rings (SSSR count). The molecule has 3 N–H and O–H groups in total. The molecule has 1 saturated heterocycles. The van der Waals surface area contributed by atoms with Crippen molar-refractivity contribution >= 4 is 17.3 Å². The minimum atomic E-state index is -0.175. The second kappa shape index (κ2) is 6.35. The summed E-state index contributed by atoms with van der Waals surface area (Å²) >= 11 is 0. The van der Waals surface area contributed by atoms with Gasteiger partial charge in [0.1, 0.15) is 0 Å². The first-order chi connectivity index (χ1) is 10.2. The fourth-order valence-electron chi connectivity index (χ4n) is 2.69. The van der Waals surface area contributed by atoms with Crippen LogP contribution in [0.5, 0.6) is 0 Å². The van der Waals surface area contributed by atoms with Crippen LogP contribution in [0.1, 0.15) is 25.7 Å². The lowest BCUT2D eigenvalue weighted by Crippen LogP contribution is -2.36. The number of hydrogen-bond acceptors (Lipinski definition) is 4. The van der Waals surface area contributed by atoms with Crippen molar-refractivity contribution in [2.24, 2.45) is 0 Å². The van der Waals surface area contributed by atoms with Crippen molar-refractivity contribution in [3.8, 4) is 0 Å². The van der Waals surface area contributed by atoms with Crippen molar-refractivity contribution in [1.29, 1.82) is 0 Å². The highest BCUT2D eigenvalue weighted by Gasteiger charge is 2.23. The second-order valence-electron chi connectivity index (χ2n) is 5.93. The van der Waals surface area contributed by atoms with Crippen LogP contribution in [0.25, 0.3) is 0 Å². The van der Waals surface area contributed by atoms with E-state index in [1.54, 1.807) is 0 Å². The van der Waals surface area contributed by atoms with E-state index in [9.17, 15) is 9.90 Å². The second-order valence-corrected chi connectivity index (χ2v) is 5.93. The van der Waals surface area contributed by atoms with Gasteiger partial charge in [-0.05, 0) is 37.8 Å². The highest BCUT2D eigenvalue weighted by molar-refractivity contribution is 5.83. The molecule has 0 spiro atoms. The van der Waals surface area contributed by atoms with Crippen LogP contribution in [-0.4, -0.2) is 42.8 Å². The molecule has 5 nitrogen and oxygen atoms in total. The lowest BCUT2D eigenvalue weighted by Gasteiger charge is -2.32. The van der Waals surface area contributed by atoms with E-state index in [1.807, 2.05) is 18.2 Å². The Labute approximate surface area is 125 Å². The SMILES string of the molecule is O=C(CNc1ccccc1N1CCC(O)CC1)NC1CC1. The number of amides is 1. The Morgan fingerprint density at radius 1 is 1.19 bits per heavy atom. The van der Waals surface area contributed by atoms with Crippen LogP contribution in [0.15, 0.2) is 24.3 Å². The molecule has 114 valence electrons. The van der Waals surface area contributed by atoms with E-state index in [4.69, 9.17) is 0 Å². The number of para-hydroxylation sites is 2. The predicted octanol–water partition coefficient (Wildman–Crippen LogP) is 1.34. The van der Waals surface area contributed by atoms with Crippen LogP contribution in [0.2, 0.25) is 0 Å². The van der Waals surface area contributed by atoms with Gasteiger partial charge in [0.25, 0.3) is 0 Å². The number of hydrogen-bond donors (Lipinski definition) is 3. The Balaban J connectivity index is 1.60. The summed E-state index contributed by atoms with van der Waals surface area (Å²) in [4.78, 5) is 14.0. The van der Waals surface area contributed by atoms with Crippen LogP contribution < -0.4 is 15.5 Å². The Hall–Kier alpha value is -1.75. The van der Waals surface area contributed by atoms with E-state index in [0.717, 1.165) is 50.1 Å². The van der Waals surface area contributed by atoms with Crippen LogP contribution >= 0.6 is 0 Å². The summed E-state index contributed by atoms with van der Waals surface area (Å²) in [6.07, 6.45) is 3.65. The molecule has 2 fully saturated rings. The van der Waals surface area contributed by atoms with Gasteiger partial charge < -0.3 is 20.6 Å². The van der Waals surface area contributed by atoms with Gasteiger partial charge in [0.05, 0.1) is 24.0 Å². The summed E-state index contributed by atoms with van der Waals surface area (Å²) in [5, 5.41) is 15.8. The highest BCUT2D eigenvalue weighted by Crippen LogP contribution is 2.28. The average Bonchev–Trinajstić information content (AvgIpc) is 3.30. The topological polar surface area (TPSA) is 64.6 Å². The van der Waals surface area contributed by atoms with Gasteiger partial charge in [0, 0.05) is 19.1 Å². The van der Waals surface area contributed by atoms with Gasteiger partial charge in [-0.25, -0.2) is 0 Å². The quantitative estimate of drug-likeness (QED) is 0.765. The Morgan fingerprint density at radius 2 is 1.90 bits per heavy atom. The first kappa shape index (κ1) is 14.2. The van der Waals surface area contributed by atoms with Crippen molar-refractivity contribution in [2.75, 3.05) is 29.9 Å². The predicted molar refractivity (Wildman–Crippen MR) is 83.6 cm³/mol. The van der Waals surface area contributed by atoms with Gasteiger partial charge in [-0.2, -0.15) is 0 Å². The van der Waals surface area contributed by atoms with E-state index in [-0.39, 0.29) is 12.0 Å². The summed E-state index contributed by atoms with van der Waals surface area (Å²) in [5.41, 5.74) is 2.10. The fourth-order valence-corrected chi connectivity index (χ4v) is 2.69. The summed E-state index contributed by atoms with van der Waals surface area (Å²) in [6, 6.07) is 8.46. The first-order valence-corrected chi connectivity index (χ1v) is 7.77. The van der Waals surface area contributed by atoms with Gasteiger partial charge in [0.2, 0.25) is 5.91 Å². The van der Waals surface area contributed by atoms with Crippen LogP contribution in [0, 0.1) is 0 Å². The number of carbonyl (C=O) groups is 1. The number of nitrogens with one attached hydrogen (secondary N) is 2. The Morgan fingerprint density at radius 3 is 2.62 bits per heavy atom. The van der Waals surface area contributed by atoms with Crippen molar-refractivity contribution in [1.82, 2.24) is 5.32 Å². The van der Waals surface area contributed by atoms with E-state index in [2.05, 4.69) is 21.6 Å². The molecule has 1 saturated carbocycles. The summed E-state index contributed by atoms with van der Waals surface area (Å²) in [6.45, 7) is 2.02. The third-order valence-corrected chi connectivity index (χ3v) is 4.09. The third kappa shape index (κ3) is 3.88. The average molecular weight is 289 g/mol. The lowest BCUT2D eigenvalue weighted by molar-refractivity contribution is -0.119. The standard InChI is InChI=1S/C16H23N3O2/c20-13-7-9-19(10-8-13)15-4-2-1-3-14(15)17-11-16(21)18-12-5-6-12/h1-4,12-13,17,20H,5-11H2,(H,18,21). The maximum Gasteiger partial charge on any atom is 0.239 e. The molecule has 1 aliphatic carbocycles. The number of nitrogens with zero attached hydrogens (tertiary/aromatic N) is 1. The molecule has 1 amide bonds. The molecule has 1 heterocycles. The van der Waals surface area contributed by atoms with E-state index >= 15 is 0 Å². The van der Waals surface area contributed by atoms with Gasteiger partial charge in [-0.1, -0.05) is 12.1 Å². The molecule has 2 aliphatic rings. The van der Waals surface area contributed by atoms with Crippen LogP contribution in [0.4, 0.5) is 11.4 Å². The Kier molecular flexibility index (Phi) is 4.29. The first-order valence-electron chi connectivity index (χ1n) is 7.77. The number of aliphatic hydroxyl groups is 1. The maximum atomic E-state index is 11.8. The van der Waals surface area contributed by atoms with Crippen LogP contribution in [0.3, 0.4) is 0 Å². The number of anilines is 2. The number of rotatable bonds is 5. The molecule has 0 bridgehead atoms. The van der Waals surface area contributed by atoms with Gasteiger partial charge in [-0.15, -0.1) is 0 Å². The molecule has 5 heteroatoms. The fraction of sp³-hybridized carbons (Fsp3) is 0.562. The summed E-state index contributed by atoms with van der Waals surface area (Å²) in [5.74, 6) is 0.0568. The number of carbonyl (C=O) groups excluding carboxylic acids is 1. The molecule has 0 aromatic heterocycles. The zero-order valence-corrected chi connectivity index (χ0v) is 12.2. The Bertz CT molecular complexity index is 494. The monoisotopic (exact) mass is 289 g/mol. The largest absolute Gasteiger partial charge is 0.393 e. The summed E-state index contributed by atoms with van der Waals surface area (Å²) in [7, 11) is 0. The zero-order chi connectivity index (χ0) is 14.7. The molecule has 0 radical (unpaired) electrons. The van der Waals surface area contributed by atoms with E-state index in [0.29, 0.717) is 12.6 Å². The minimum Gasteiger partial charge on any atom is -0.393 e. The van der Waals surface area contributed by atoms with Crippen molar-refractivity contribution in [3.63, 3.8) is 0 Å². The molecule has 0 unspecified atom stereocenters. The van der Waals surface area contributed by atoms with Crippen molar-refractivity contribution < 1.29 is 9.90 Å². The zero-order valence-electron chi connectivity index (χ0n) is 12.2. The number of piperidine rings is 1.